The van der Waals surface area contributed by atoms with E-state index in [0.717, 1.165) is 39.2 Å². The van der Waals surface area contributed by atoms with Crippen LogP contribution in [0.5, 0.6) is 0 Å². The quantitative estimate of drug-likeness (QED) is 0.543. The minimum Gasteiger partial charge on any atom is -0.326 e. The number of pyridine rings is 1. The third kappa shape index (κ3) is 3.26. The summed E-state index contributed by atoms with van der Waals surface area (Å²) in [4.78, 5) is 42.4. The summed E-state index contributed by atoms with van der Waals surface area (Å²) in [5.41, 5.74) is 5.44. The fourth-order valence-corrected chi connectivity index (χ4v) is 5.86. The highest BCUT2D eigenvalue weighted by Crippen LogP contribution is 2.47. The van der Waals surface area contributed by atoms with Crippen LogP contribution < -0.4 is 16.0 Å². The lowest BCUT2D eigenvalue weighted by Crippen LogP contribution is -2.35. The standard InChI is InChI=1S/C28H26N4O3/c1-27(2)23-16(5-3-7-21(23)31-25(27)34)9-11-22(33)30-19-10-8-17-14-28(15-18(17)13-19)20-6-4-12-29-24(20)32-26(28)35/h3-8,10,12-13H,9,11,14-15H2,1-2H3,(H,30,33)(H,31,34)(H,29,32,35). The summed E-state index contributed by atoms with van der Waals surface area (Å²) >= 11 is 0. The average molecular weight is 467 g/mol. The maximum atomic E-state index is 12.9. The van der Waals surface area contributed by atoms with E-state index in [1.165, 1.54) is 0 Å². The van der Waals surface area contributed by atoms with Crippen LogP contribution in [0.1, 0.15) is 48.1 Å². The lowest BCUT2D eigenvalue weighted by atomic mass is 9.79. The molecule has 1 unspecified atom stereocenters. The molecule has 3 N–H and O–H groups in total. The molecule has 1 aliphatic carbocycles. The number of carbonyl (C=O) groups excluding carboxylic acids is 3. The van der Waals surface area contributed by atoms with Gasteiger partial charge in [-0.1, -0.05) is 24.3 Å². The predicted molar refractivity (Wildman–Crippen MR) is 133 cm³/mol. The van der Waals surface area contributed by atoms with Gasteiger partial charge in [-0.05, 0) is 79.6 Å². The summed E-state index contributed by atoms with van der Waals surface area (Å²) in [6, 6.07) is 15.5. The highest BCUT2D eigenvalue weighted by Gasteiger charge is 2.51. The second-order valence-corrected chi connectivity index (χ2v) is 10.2. The zero-order chi connectivity index (χ0) is 24.4. The molecule has 3 aliphatic rings. The smallest absolute Gasteiger partial charge is 0.237 e. The van der Waals surface area contributed by atoms with Crippen molar-refractivity contribution in [3.05, 3.63) is 82.5 Å². The number of amides is 3. The predicted octanol–water partition coefficient (Wildman–Crippen LogP) is 3.87. The number of nitrogens with zero attached hydrogens (tertiary/aromatic N) is 1. The van der Waals surface area contributed by atoms with Crippen LogP contribution >= 0.6 is 0 Å². The van der Waals surface area contributed by atoms with Crippen molar-refractivity contribution < 1.29 is 14.4 Å². The van der Waals surface area contributed by atoms with Gasteiger partial charge in [0.2, 0.25) is 17.7 Å². The van der Waals surface area contributed by atoms with Gasteiger partial charge in [-0.25, -0.2) is 4.98 Å². The Morgan fingerprint density at radius 2 is 1.83 bits per heavy atom. The molecule has 2 aliphatic heterocycles. The Labute approximate surface area is 203 Å². The third-order valence-corrected chi connectivity index (χ3v) is 7.68. The Bertz CT molecular complexity index is 1430. The van der Waals surface area contributed by atoms with Gasteiger partial charge in [-0.3, -0.25) is 14.4 Å². The van der Waals surface area contributed by atoms with Gasteiger partial charge in [0.15, 0.2) is 0 Å². The van der Waals surface area contributed by atoms with Crippen LogP contribution in [0, 0.1) is 0 Å². The van der Waals surface area contributed by atoms with Gasteiger partial charge in [-0.2, -0.15) is 0 Å². The zero-order valence-corrected chi connectivity index (χ0v) is 19.7. The van der Waals surface area contributed by atoms with Crippen molar-refractivity contribution >= 4 is 34.9 Å². The van der Waals surface area contributed by atoms with E-state index >= 15 is 0 Å². The molecule has 6 rings (SSSR count). The molecule has 1 spiro atoms. The molecule has 3 aromatic rings. The second-order valence-electron chi connectivity index (χ2n) is 10.2. The maximum Gasteiger partial charge on any atom is 0.237 e. The number of nitrogens with one attached hydrogen (secondary N) is 3. The van der Waals surface area contributed by atoms with E-state index in [4.69, 9.17) is 0 Å². The van der Waals surface area contributed by atoms with Crippen LogP contribution in [0.2, 0.25) is 0 Å². The number of benzene rings is 2. The summed E-state index contributed by atoms with van der Waals surface area (Å²) in [5.74, 6) is 0.527. The van der Waals surface area contributed by atoms with Gasteiger partial charge in [-0.15, -0.1) is 0 Å². The van der Waals surface area contributed by atoms with Crippen molar-refractivity contribution in [2.24, 2.45) is 0 Å². The molecule has 35 heavy (non-hydrogen) atoms. The van der Waals surface area contributed by atoms with E-state index in [-0.39, 0.29) is 17.7 Å². The van der Waals surface area contributed by atoms with E-state index in [2.05, 4.69) is 20.9 Å². The van der Waals surface area contributed by atoms with Gasteiger partial charge in [0, 0.05) is 29.6 Å². The average Bonchev–Trinajstić information content (AvgIpc) is 3.42. The molecule has 0 radical (unpaired) electrons. The van der Waals surface area contributed by atoms with Crippen molar-refractivity contribution in [2.75, 3.05) is 16.0 Å². The second kappa shape index (κ2) is 7.50. The highest BCUT2D eigenvalue weighted by atomic mass is 16.2. The van der Waals surface area contributed by atoms with E-state index in [9.17, 15) is 14.4 Å². The number of aryl methyl sites for hydroxylation is 1. The third-order valence-electron chi connectivity index (χ3n) is 7.68. The largest absolute Gasteiger partial charge is 0.326 e. The number of anilines is 3. The summed E-state index contributed by atoms with van der Waals surface area (Å²) in [6.07, 6.45) is 3.76. The molecule has 3 amide bonds. The molecule has 1 atom stereocenters. The summed E-state index contributed by atoms with van der Waals surface area (Å²) in [6.45, 7) is 3.82. The van der Waals surface area contributed by atoms with Gasteiger partial charge < -0.3 is 16.0 Å². The molecule has 2 aromatic carbocycles. The van der Waals surface area contributed by atoms with Crippen molar-refractivity contribution in [1.29, 1.82) is 0 Å². The summed E-state index contributed by atoms with van der Waals surface area (Å²) < 4.78 is 0. The normalized spacial score (nSPS) is 20.7. The van der Waals surface area contributed by atoms with Crippen LogP contribution in [0.25, 0.3) is 0 Å². The van der Waals surface area contributed by atoms with Gasteiger partial charge in [0.05, 0.1) is 10.8 Å². The summed E-state index contributed by atoms with van der Waals surface area (Å²) in [5, 5.41) is 8.88. The van der Waals surface area contributed by atoms with Gasteiger partial charge in [0.25, 0.3) is 0 Å². The zero-order valence-electron chi connectivity index (χ0n) is 19.7. The molecule has 0 saturated carbocycles. The minimum absolute atomic E-state index is 0.0146. The molecule has 3 heterocycles. The Hall–Kier alpha value is -4.00. The number of aromatic nitrogens is 1. The molecule has 0 fully saturated rings. The minimum atomic E-state index is -0.624. The number of hydrogen-bond acceptors (Lipinski definition) is 4. The molecular weight excluding hydrogens is 440 g/mol. The first-order valence-corrected chi connectivity index (χ1v) is 11.9. The topological polar surface area (TPSA) is 100 Å². The lowest BCUT2D eigenvalue weighted by molar-refractivity contribution is -0.121. The van der Waals surface area contributed by atoms with Crippen LogP contribution in [0.4, 0.5) is 17.2 Å². The van der Waals surface area contributed by atoms with E-state index in [1.807, 2.05) is 62.4 Å². The van der Waals surface area contributed by atoms with E-state index in [1.54, 1.807) is 6.20 Å². The molecule has 0 bridgehead atoms. The number of fused-ring (bicyclic) bond motifs is 4. The molecule has 1 aromatic heterocycles. The first-order chi connectivity index (χ1) is 16.8. The number of carbonyl (C=O) groups is 3. The van der Waals surface area contributed by atoms with Crippen molar-refractivity contribution in [1.82, 2.24) is 4.98 Å². The van der Waals surface area contributed by atoms with Crippen molar-refractivity contribution in [2.45, 2.75) is 50.4 Å². The Morgan fingerprint density at radius 3 is 2.69 bits per heavy atom. The van der Waals surface area contributed by atoms with Crippen molar-refractivity contribution in [3.63, 3.8) is 0 Å². The fraction of sp³-hybridized carbons (Fsp3) is 0.286. The van der Waals surface area contributed by atoms with Gasteiger partial charge in [0.1, 0.15) is 5.82 Å². The van der Waals surface area contributed by atoms with Crippen LogP contribution in [0.3, 0.4) is 0 Å². The van der Waals surface area contributed by atoms with Crippen LogP contribution in [-0.4, -0.2) is 22.7 Å². The molecule has 176 valence electrons. The molecule has 7 heteroatoms. The maximum absolute atomic E-state index is 12.9. The fourth-order valence-electron chi connectivity index (χ4n) is 5.86. The first-order valence-electron chi connectivity index (χ1n) is 11.9. The molecule has 7 nitrogen and oxygen atoms in total. The SMILES string of the molecule is CC1(C)C(=O)Nc2cccc(CCC(=O)Nc3ccc4c(c3)CC3(C4)C(=O)Nc4ncccc43)c21. The molecule has 0 saturated heterocycles. The monoisotopic (exact) mass is 466 g/mol. The number of rotatable bonds is 4. The Kier molecular flexibility index (Phi) is 4.61. The summed E-state index contributed by atoms with van der Waals surface area (Å²) in [7, 11) is 0. The Balaban J connectivity index is 1.16. The van der Waals surface area contributed by atoms with Crippen LogP contribution in [0.15, 0.2) is 54.7 Å². The van der Waals surface area contributed by atoms with Crippen LogP contribution in [-0.2, 0) is 44.5 Å². The first kappa shape index (κ1) is 21.5. The Morgan fingerprint density at radius 1 is 1.00 bits per heavy atom. The van der Waals surface area contributed by atoms with Gasteiger partial charge >= 0.3 is 0 Å². The van der Waals surface area contributed by atoms with E-state index < -0.39 is 10.8 Å². The van der Waals surface area contributed by atoms with E-state index in [0.29, 0.717) is 31.5 Å². The number of hydrogen-bond donors (Lipinski definition) is 3. The van der Waals surface area contributed by atoms with Crippen molar-refractivity contribution in [3.8, 4) is 0 Å². The highest BCUT2D eigenvalue weighted by molar-refractivity contribution is 6.07. The molecular formula is C28H26N4O3. The lowest BCUT2D eigenvalue weighted by Gasteiger charge is -2.20.